The van der Waals surface area contributed by atoms with Crippen molar-refractivity contribution in [1.82, 2.24) is 10.6 Å². The SMILES string of the molecule is CCCC(CCO)CN=C(NCC)NCCc1ccc(NC(=O)OC(C)(C)C)cc1.I. The van der Waals surface area contributed by atoms with Crippen molar-refractivity contribution in [1.29, 1.82) is 0 Å². The predicted molar refractivity (Wildman–Crippen MR) is 139 cm³/mol. The number of anilines is 1. The van der Waals surface area contributed by atoms with Gasteiger partial charge in [0, 0.05) is 31.9 Å². The summed E-state index contributed by atoms with van der Waals surface area (Å²) in [5.74, 6) is 1.22. The second kappa shape index (κ2) is 16.1. The molecule has 0 aliphatic heterocycles. The van der Waals surface area contributed by atoms with Crippen molar-refractivity contribution < 1.29 is 14.6 Å². The van der Waals surface area contributed by atoms with Gasteiger partial charge < -0.3 is 20.5 Å². The fourth-order valence-electron chi connectivity index (χ4n) is 2.98. The molecule has 8 heteroatoms. The maximum Gasteiger partial charge on any atom is 0.412 e. The number of carbonyl (C=O) groups excluding carboxylic acids is 1. The van der Waals surface area contributed by atoms with Gasteiger partial charge in [0.1, 0.15) is 5.60 Å². The maximum atomic E-state index is 11.8. The lowest BCUT2D eigenvalue weighted by Crippen LogP contribution is -2.38. The smallest absolute Gasteiger partial charge is 0.412 e. The molecule has 1 atom stereocenters. The zero-order chi connectivity index (χ0) is 22.4. The number of benzene rings is 1. The number of hydrogen-bond acceptors (Lipinski definition) is 4. The summed E-state index contributed by atoms with van der Waals surface area (Å²) < 4.78 is 5.26. The van der Waals surface area contributed by atoms with Crippen LogP contribution in [0.15, 0.2) is 29.3 Å². The van der Waals surface area contributed by atoms with Gasteiger partial charge in [-0.25, -0.2) is 4.79 Å². The van der Waals surface area contributed by atoms with Crippen molar-refractivity contribution in [2.75, 3.05) is 31.6 Å². The largest absolute Gasteiger partial charge is 0.444 e. The molecule has 1 rings (SSSR count). The molecule has 4 N–H and O–H groups in total. The molecular formula is C23H41IN4O3. The number of nitrogens with one attached hydrogen (secondary N) is 3. The minimum atomic E-state index is -0.518. The summed E-state index contributed by atoms with van der Waals surface area (Å²) in [4.78, 5) is 16.5. The van der Waals surface area contributed by atoms with Gasteiger partial charge in [0.25, 0.3) is 0 Å². The van der Waals surface area contributed by atoms with Crippen LogP contribution in [0.4, 0.5) is 10.5 Å². The van der Waals surface area contributed by atoms with Crippen LogP contribution in [0, 0.1) is 5.92 Å². The van der Waals surface area contributed by atoms with Crippen LogP contribution in [-0.2, 0) is 11.2 Å². The number of guanidine groups is 1. The van der Waals surface area contributed by atoms with E-state index in [1.165, 1.54) is 0 Å². The van der Waals surface area contributed by atoms with Crippen molar-refractivity contribution >= 4 is 41.7 Å². The molecule has 178 valence electrons. The second-order valence-electron chi connectivity index (χ2n) is 8.39. The lowest BCUT2D eigenvalue weighted by Gasteiger charge is -2.19. The van der Waals surface area contributed by atoms with Crippen LogP contribution < -0.4 is 16.0 Å². The van der Waals surface area contributed by atoms with E-state index in [2.05, 4.69) is 27.9 Å². The fraction of sp³-hybridized carbons (Fsp3) is 0.652. The van der Waals surface area contributed by atoms with E-state index >= 15 is 0 Å². The van der Waals surface area contributed by atoms with Crippen LogP contribution in [0.1, 0.15) is 59.4 Å². The number of aliphatic hydroxyl groups is 1. The Morgan fingerprint density at radius 1 is 1.13 bits per heavy atom. The number of amides is 1. The highest BCUT2D eigenvalue weighted by atomic mass is 127. The zero-order valence-corrected chi connectivity index (χ0v) is 22.0. The lowest BCUT2D eigenvalue weighted by molar-refractivity contribution is 0.0636. The van der Waals surface area contributed by atoms with Crippen LogP contribution in [-0.4, -0.2) is 49.0 Å². The molecule has 0 saturated carbocycles. The van der Waals surface area contributed by atoms with Gasteiger partial charge in [-0.1, -0.05) is 25.5 Å². The van der Waals surface area contributed by atoms with Crippen molar-refractivity contribution in [3.05, 3.63) is 29.8 Å². The van der Waals surface area contributed by atoms with Crippen molar-refractivity contribution in [3.8, 4) is 0 Å². The first-order chi connectivity index (χ1) is 14.3. The lowest BCUT2D eigenvalue weighted by atomic mass is 10.0. The summed E-state index contributed by atoms with van der Waals surface area (Å²) in [5.41, 5.74) is 1.36. The Hall–Kier alpha value is -1.55. The monoisotopic (exact) mass is 548 g/mol. The second-order valence-corrected chi connectivity index (χ2v) is 8.39. The molecule has 1 aromatic rings. The van der Waals surface area contributed by atoms with E-state index < -0.39 is 11.7 Å². The number of hydrogen-bond donors (Lipinski definition) is 4. The van der Waals surface area contributed by atoms with E-state index in [1.807, 2.05) is 52.0 Å². The van der Waals surface area contributed by atoms with Gasteiger partial charge >= 0.3 is 6.09 Å². The third kappa shape index (κ3) is 14.2. The highest BCUT2D eigenvalue weighted by Gasteiger charge is 2.16. The van der Waals surface area contributed by atoms with Crippen LogP contribution >= 0.6 is 24.0 Å². The molecule has 7 nitrogen and oxygen atoms in total. The number of aliphatic imine (C=N–C) groups is 1. The first kappa shape index (κ1) is 29.5. The van der Waals surface area contributed by atoms with Crippen LogP contribution in [0.2, 0.25) is 0 Å². The van der Waals surface area contributed by atoms with E-state index in [9.17, 15) is 9.90 Å². The third-order valence-corrected chi connectivity index (χ3v) is 4.39. The molecular weight excluding hydrogens is 507 g/mol. The highest BCUT2D eigenvalue weighted by molar-refractivity contribution is 14.0. The van der Waals surface area contributed by atoms with Gasteiger partial charge in [-0.2, -0.15) is 0 Å². The predicted octanol–water partition coefficient (Wildman–Crippen LogP) is 4.55. The normalized spacial score (nSPS) is 12.5. The van der Waals surface area contributed by atoms with Gasteiger partial charge in [-0.3, -0.25) is 10.3 Å². The Bertz CT molecular complexity index is 639. The standard InChI is InChI=1S/C23H40N4O3.HI/c1-6-8-19(14-16-28)17-26-21(24-7-2)25-15-13-18-9-11-20(12-10-18)27-22(29)30-23(3,4)5;/h9-12,19,28H,6-8,13-17H2,1-5H3,(H,27,29)(H2,24,25,26);1H. The van der Waals surface area contributed by atoms with Crippen LogP contribution in [0.25, 0.3) is 0 Å². The summed E-state index contributed by atoms with van der Waals surface area (Å²) in [6.07, 6.45) is 3.36. The van der Waals surface area contributed by atoms with Crippen LogP contribution in [0.3, 0.4) is 0 Å². The number of rotatable bonds is 11. The van der Waals surface area contributed by atoms with E-state index in [-0.39, 0.29) is 30.6 Å². The molecule has 0 radical (unpaired) electrons. The first-order valence-corrected chi connectivity index (χ1v) is 11.0. The third-order valence-electron chi connectivity index (χ3n) is 4.39. The molecule has 0 aromatic heterocycles. The van der Waals surface area contributed by atoms with E-state index in [4.69, 9.17) is 4.74 Å². The zero-order valence-electron chi connectivity index (χ0n) is 19.7. The molecule has 0 spiro atoms. The quantitative estimate of drug-likeness (QED) is 0.185. The number of ether oxygens (including phenoxy) is 1. The van der Waals surface area contributed by atoms with Crippen molar-refractivity contribution in [3.63, 3.8) is 0 Å². The van der Waals surface area contributed by atoms with Crippen LogP contribution in [0.5, 0.6) is 0 Å². The summed E-state index contributed by atoms with van der Waals surface area (Å²) in [7, 11) is 0. The minimum Gasteiger partial charge on any atom is -0.444 e. The van der Waals surface area contributed by atoms with Gasteiger partial charge in [0.2, 0.25) is 0 Å². The van der Waals surface area contributed by atoms with E-state index in [0.717, 1.165) is 56.8 Å². The average molecular weight is 549 g/mol. The van der Waals surface area contributed by atoms with Gasteiger partial charge in [-0.15, -0.1) is 24.0 Å². The summed E-state index contributed by atoms with van der Waals surface area (Å²) in [6.45, 7) is 12.2. The Morgan fingerprint density at radius 3 is 2.35 bits per heavy atom. The molecule has 1 amide bonds. The Labute approximate surface area is 204 Å². The molecule has 0 aliphatic rings. The minimum absolute atomic E-state index is 0. The molecule has 0 bridgehead atoms. The Kier molecular flexibility index (Phi) is 15.3. The van der Waals surface area contributed by atoms with Gasteiger partial charge in [0.15, 0.2) is 5.96 Å². The number of carbonyl (C=O) groups is 1. The van der Waals surface area contributed by atoms with Gasteiger partial charge in [-0.05, 0) is 70.6 Å². The maximum absolute atomic E-state index is 11.8. The summed E-state index contributed by atoms with van der Waals surface area (Å²) >= 11 is 0. The average Bonchev–Trinajstić information content (AvgIpc) is 2.66. The fourth-order valence-corrected chi connectivity index (χ4v) is 2.98. The Balaban J connectivity index is 0.00000900. The first-order valence-electron chi connectivity index (χ1n) is 11.0. The topological polar surface area (TPSA) is 95.0 Å². The van der Waals surface area contributed by atoms with E-state index in [0.29, 0.717) is 11.6 Å². The number of nitrogens with zero attached hydrogens (tertiary/aromatic N) is 1. The van der Waals surface area contributed by atoms with Crippen molar-refractivity contribution in [2.45, 2.75) is 65.9 Å². The molecule has 0 aliphatic carbocycles. The number of halogens is 1. The van der Waals surface area contributed by atoms with E-state index in [1.54, 1.807) is 0 Å². The van der Waals surface area contributed by atoms with Crippen molar-refractivity contribution in [2.24, 2.45) is 10.9 Å². The molecule has 0 fully saturated rings. The Morgan fingerprint density at radius 2 is 1.81 bits per heavy atom. The van der Waals surface area contributed by atoms with Gasteiger partial charge in [0.05, 0.1) is 0 Å². The summed E-state index contributed by atoms with van der Waals surface area (Å²) in [5, 5.41) is 18.6. The molecule has 1 aromatic carbocycles. The number of aliphatic hydroxyl groups excluding tert-OH is 1. The molecule has 0 saturated heterocycles. The molecule has 0 heterocycles. The molecule has 31 heavy (non-hydrogen) atoms. The highest BCUT2D eigenvalue weighted by Crippen LogP contribution is 2.13. The summed E-state index contributed by atoms with van der Waals surface area (Å²) in [6, 6.07) is 7.75. The molecule has 1 unspecified atom stereocenters.